The van der Waals surface area contributed by atoms with Gasteiger partial charge >= 0.3 is 0 Å². The molecule has 1 nitrogen and oxygen atoms in total. The fourth-order valence-electron chi connectivity index (χ4n) is 3.58. The third-order valence-electron chi connectivity index (χ3n) is 4.46. The van der Waals surface area contributed by atoms with E-state index in [1.807, 2.05) is 0 Å². The summed E-state index contributed by atoms with van der Waals surface area (Å²) in [5.41, 5.74) is 1.71. The zero-order chi connectivity index (χ0) is 10.3. The number of carbonyl (C=O) groups excluding carboxylic acids is 1. The lowest BCUT2D eigenvalue weighted by Crippen LogP contribution is -2.39. The van der Waals surface area contributed by atoms with Crippen molar-refractivity contribution in [2.24, 2.45) is 17.3 Å². The summed E-state index contributed by atoms with van der Waals surface area (Å²) in [5.74, 6) is 1.83. The molecule has 0 spiro atoms. The molecule has 0 heterocycles. The Kier molecular flexibility index (Phi) is 2.29. The largest absolute Gasteiger partial charge is 0.300 e. The van der Waals surface area contributed by atoms with Gasteiger partial charge < -0.3 is 0 Å². The van der Waals surface area contributed by atoms with Gasteiger partial charge in [-0.05, 0) is 31.6 Å². The summed E-state index contributed by atoms with van der Waals surface area (Å²) in [4.78, 5) is 11.6. The molecule has 1 saturated carbocycles. The molecule has 0 radical (unpaired) electrons. The normalized spacial score (nSPS) is 37.3. The molecule has 0 aromatic carbocycles. The number of ketones is 1. The molecule has 2 atom stereocenters. The van der Waals surface area contributed by atoms with Gasteiger partial charge in [0.15, 0.2) is 0 Å². The van der Waals surface area contributed by atoms with E-state index in [0.717, 1.165) is 25.2 Å². The van der Waals surface area contributed by atoms with E-state index in [4.69, 9.17) is 0 Å². The van der Waals surface area contributed by atoms with Crippen LogP contribution in [0, 0.1) is 17.3 Å². The van der Waals surface area contributed by atoms with Crippen LogP contribution in [0.4, 0.5) is 0 Å². The van der Waals surface area contributed by atoms with Crippen molar-refractivity contribution in [1.82, 2.24) is 0 Å². The van der Waals surface area contributed by atoms with Crippen LogP contribution in [0.2, 0.25) is 0 Å². The Morgan fingerprint density at radius 2 is 2.21 bits per heavy atom. The summed E-state index contributed by atoms with van der Waals surface area (Å²) in [7, 11) is 0. The average Bonchev–Trinajstić information content (AvgIpc) is 2.45. The standard InChI is InChI=1S/C13H20O/c1-9(2)13-8-12(14)7-6-11(13)5-4-10(13)3/h4,9,11H,5-8H2,1-3H3/t11-,13+/m0/s1. The molecule has 0 N–H and O–H groups in total. The first kappa shape index (κ1) is 9.95. The predicted molar refractivity (Wildman–Crippen MR) is 58.0 cm³/mol. The minimum atomic E-state index is 0.231. The van der Waals surface area contributed by atoms with E-state index in [0.29, 0.717) is 11.7 Å². The highest BCUT2D eigenvalue weighted by Gasteiger charge is 2.48. The summed E-state index contributed by atoms with van der Waals surface area (Å²) in [6.45, 7) is 6.76. The minimum absolute atomic E-state index is 0.231. The number of rotatable bonds is 1. The third-order valence-corrected chi connectivity index (χ3v) is 4.46. The van der Waals surface area contributed by atoms with Crippen molar-refractivity contribution in [2.45, 2.75) is 46.5 Å². The number of Topliss-reactive ketones (excluding diaryl/α,β-unsaturated/α-hetero) is 1. The monoisotopic (exact) mass is 192 g/mol. The Morgan fingerprint density at radius 1 is 1.50 bits per heavy atom. The van der Waals surface area contributed by atoms with Gasteiger partial charge in [-0.2, -0.15) is 0 Å². The minimum Gasteiger partial charge on any atom is -0.300 e. The van der Waals surface area contributed by atoms with E-state index in [1.54, 1.807) is 0 Å². The van der Waals surface area contributed by atoms with E-state index in [1.165, 1.54) is 12.0 Å². The van der Waals surface area contributed by atoms with Gasteiger partial charge in [0.2, 0.25) is 0 Å². The zero-order valence-corrected chi connectivity index (χ0v) is 9.47. The van der Waals surface area contributed by atoms with Crippen molar-refractivity contribution in [2.75, 3.05) is 0 Å². The molecule has 2 aliphatic carbocycles. The molecular weight excluding hydrogens is 172 g/mol. The second-order valence-corrected chi connectivity index (χ2v) is 5.27. The van der Waals surface area contributed by atoms with Gasteiger partial charge in [-0.15, -0.1) is 0 Å². The first-order valence-corrected chi connectivity index (χ1v) is 5.76. The molecule has 78 valence electrons. The highest BCUT2D eigenvalue weighted by Crippen LogP contribution is 2.55. The predicted octanol–water partition coefficient (Wildman–Crippen LogP) is 3.35. The lowest BCUT2D eigenvalue weighted by atomic mass is 9.59. The van der Waals surface area contributed by atoms with Crippen LogP contribution in [-0.2, 0) is 4.79 Å². The number of hydrogen-bond acceptors (Lipinski definition) is 1. The Labute approximate surface area is 86.6 Å². The Balaban J connectivity index is 2.36. The number of allylic oxidation sites excluding steroid dienone is 2. The summed E-state index contributed by atoms with van der Waals surface area (Å²) < 4.78 is 0. The van der Waals surface area contributed by atoms with Crippen LogP contribution in [-0.4, -0.2) is 5.78 Å². The van der Waals surface area contributed by atoms with Crippen LogP contribution in [0.15, 0.2) is 11.6 Å². The topological polar surface area (TPSA) is 17.1 Å². The third kappa shape index (κ3) is 1.18. The van der Waals surface area contributed by atoms with Gasteiger partial charge in [0, 0.05) is 18.3 Å². The number of carbonyl (C=O) groups is 1. The van der Waals surface area contributed by atoms with Gasteiger partial charge in [0.05, 0.1) is 0 Å². The van der Waals surface area contributed by atoms with E-state index in [-0.39, 0.29) is 5.41 Å². The Hall–Kier alpha value is -0.590. The van der Waals surface area contributed by atoms with Crippen molar-refractivity contribution in [3.8, 4) is 0 Å². The second kappa shape index (κ2) is 3.22. The van der Waals surface area contributed by atoms with Crippen molar-refractivity contribution in [3.63, 3.8) is 0 Å². The van der Waals surface area contributed by atoms with Crippen LogP contribution >= 0.6 is 0 Å². The van der Waals surface area contributed by atoms with Crippen LogP contribution < -0.4 is 0 Å². The highest BCUT2D eigenvalue weighted by atomic mass is 16.1. The maximum absolute atomic E-state index is 11.6. The van der Waals surface area contributed by atoms with Crippen LogP contribution in [0.25, 0.3) is 0 Å². The van der Waals surface area contributed by atoms with Crippen LogP contribution in [0.1, 0.15) is 46.5 Å². The van der Waals surface area contributed by atoms with E-state index >= 15 is 0 Å². The second-order valence-electron chi connectivity index (χ2n) is 5.27. The summed E-state index contributed by atoms with van der Waals surface area (Å²) >= 11 is 0. The Bertz CT molecular complexity index is 288. The molecule has 1 fully saturated rings. The zero-order valence-electron chi connectivity index (χ0n) is 9.47. The van der Waals surface area contributed by atoms with Crippen LogP contribution in [0.3, 0.4) is 0 Å². The fourth-order valence-corrected chi connectivity index (χ4v) is 3.58. The molecule has 1 heteroatoms. The quantitative estimate of drug-likeness (QED) is 0.582. The van der Waals surface area contributed by atoms with Crippen molar-refractivity contribution in [3.05, 3.63) is 11.6 Å². The van der Waals surface area contributed by atoms with E-state index < -0.39 is 0 Å². The fraction of sp³-hybridized carbons (Fsp3) is 0.769. The molecular formula is C13H20O. The molecule has 14 heavy (non-hydrogen) atoms. The van der Waals surface area contributed by atoms with Crippen molar-refractivity contribution in [1.29, 1.82) is 0 Å². The average molecular weight is 192 g/mol. The number of hydrogen-bond donors (Lipinski definition) is 0. The lowest BCUT2D eigenvalue weighted by molar-refractivity contribution is -0.125. The maximum atomic E-state index is 11.6. The molecule has 0 aromatic heterocycles. The van der Waals surface area contributed by atoms with Crippen LogP contribution in [0.5, 0.6) is 0 Å². The van der Waals surface area contributed by atoms with E-state index in [9.17, 15) is 4.79 Å². The lowest BCUT2D eigenvalue weighted by Gasteiger charge is -2.44. The molecule has 0 saturated heterocycles. The van der Waals surface area contributed by atoms with Crippen molar-refractivity contribution < 1.29 is 4.79 Å². The molecule has 2 rings (SSSR count). The van der Waals surface area contributed by atoms with Gasteiger partial charge in [0.1, 0.15) is 5.78 Å². The Morgan fingerprint density at radius 3 is 2.86 bits per heavy atom. The molecule has 0 bridgehead atoms. The molecule has 0 amide bonds. The molecule has 0 aliphatic heterocycles. The number of fused-ring (bicyclic) bond motifs is 1. The first-order chi connectivity index (χ1) is 6.57. The van der Waals surface area contributed by atoms with Gasteiger partial charge in [-0.1, -0.05) is 25.5 Å². The SMILES string of the molecule is CC1=CC[C@H]2CCC(=O)C[C@@]12C(C)C. The van der Waals surface area contributed by atoms with E-state index in [2.05, 4.69) is 26.8 Å². The van der Waals surface area contributed by atoms with Crippen molar-refractivity contribution >= 4 is 5.78 Å². The van der Waals surface area contributed by atoms with Gasteiger partial charge in [0.25, 0.3) is 0 Å². The maximum Gasteiger partial charge on any atom is 0.133 e. The molecule has 2 aliphatic rings. The summed E-state index contributed by atoms with van der Waals surface area (Å²) in [6, 6.07) is 0. The smallest absolute Gasteiger partial charge is 0.133 e. The van der Waals surface area contributed by atoms with Gasteiger partial charge in [-0.3, -0.25) is 4.79 Å². The van der Waals surface area contributed by atoms with Gasteiger partial charge in [-0.25, -0.2) is 0 Å². The highest BCUT2D eigenvalue weighted by molar-refractivity contribution is 5.81. The first-order valence-electron chi connectivity index (χ1n) is 5.76. The summed E-state index contributed by atoms with van der Waals surface area (Å²) in [6.07, 6.45) is 6.31. The molecule has 0 aromatic rings. The summed E-state index contributed by atoms with van der Waals surface area (Å²) in [5, 5.41) is 0. The molecule has 0 unspecified atom stereocenters.